The molecule has 0 radical (unpaired) electrons. The normalized spacial score (nSPS) is 11.5. The first kappa shape index (κ1) is 13.8. The Hall–Kier alpha value is -1.63. The molecule has 1 nitrogen and oxygen atoms in total. The Morgan fingerprint density at radius 1 is 0.947 bits per heavy atom. The van der Waals surface area contributed by atoms with Crippen molar-refractivity contribution in [3.8, 4) is 0 Å². The van der Waals surface area contributed by atoms with Gasteiger partial charge in [0, 0.05) is 5.56 Å². The molecule has 2 aromatic rings. The van der Waals surface area contributed by atoms with Gasteiger partial charge in [-0.3, -0.25) is 4.79 Å². The predicted octanol–water partition coefficient (Wildman–Crippen LogP) is 5.29. The van der Waals surface area contributed by atoms with Crippen LogP contribution in [0, 0.1) is 0 Å². The van der Waals surface area contributed by atoms with Crippen molar-refractivity contribution in [1.82, 2.24) is 0 Å². The summed E-state index contributed by atoms with van der Waals surface area (Å²) < 4.78 is 0. The van der Waals surface area contributed by atoms with Crippen LogP contribution in [0.3, 0.4) is 0 Å². The smallest absolute Gasteiger partial charge is 0.159 e. The molecule has 0 N–H and O–H groups in total. The Labute approximate surface area is 115 Å². The van der Waals surface area contributed by atoms with Gasteiger partial charge in [-0.2, -0.15) is 0 Å². The number of rotatable bonds is 3. The molecule has 0 aliphatic rings. The number of fused-ring (bicyclic) bond motifs is 1. The lowest BCUT2D eigenvalue weighted by molar-refractivity contribution is 0.101. The Morgan fingerprint density at radius 3 is 2.11 bits per heavy atom. The van der Waals surface area contributed by atoms with Gasteiger partial charge in [0.2, 0.25) is 0 Å². The number of benzene rings is 2. The molecule has 100 valence electrons. The van der Waals surface area contributed by atoms with E-state index in [1.54, 1.807) is 6.92 Å². The quantitative estimate of drug-likeness (QED) is 0.680. The van der Waals surface area contributed by atoms with Crippen molar-refractivity contribution >= 4 is 16.6 Å². The molecule has 0 spiro atoms. The lowest BCUT2D eigenvalue weighted by Gasteiger charge is -2.17. The fourth-order valence-electron chi connectivity index (χ4n) is 2.63. The Kier molecular flexibility index (Phi) is 3.75. The van der Waals surface area contributed by atoms with Crippen molar-refractivity contribution < 1.29 is 4.79 Å². The molecule has 0 amide bonds. The third-order valence-corrected chi connectivity index (χ3v) is 3.69. The Balaban J connectivity index is 2.87. The SMILES string of the molecule is CC(=O)c1cc(C(C)C)c2c(C(C)C)cccc2c1. The molecular weight excluding hydrogens is 232 g/mol. The average Bonchev–Trinajstić information content (AvgIpc) is 2.36. The predicted molar refractivity (Wildman–Crippen MR) is 82.1 cm³/mol. The second-order valence-electron chi connectivity index (χ2n) is 5.88. The summed E-state index contributed by atoms with van der Waals surface area (Å²) in [6.45, 7) is 10.5. The van der Waals surface area contributed by atoms with Crippen molar-refractivity contribution in [3.63, 3.8) is 0 Å². The third-order valence-electron chi connectivity index (χ3n) is 3.69. The van der Waals surface area contributed by atoms with Gasteiger partial charge in [0.1, 0.15) is 0 Å². The highest BCUT2D eigenvalue weighted by atomic mass is 16.1. The molecule has 0 heterocycles. The zero-order chi connectivity index (χ0) is 14.2. The molecule has 0 aliphatic heterocycles. The van der Waals surface area contributed by atoms with E-state index >= 15 is 0 Å². The van der Waals surface area contributed by atoms with E-state index in [9.17, 15) is 4.79 Å². The lowest BCUT2D eigenvalue weighted by Crippen LogP contribution is -2.00. The van der Waals surface area contributed by atoms with E-state index in [1.165, 1.54) is 21.9 Å². The molecule has 2 rings (SSSR count). The first-order chi connectivity index (χ1) is 8.91. The molecule has 0 saturated heterocycles. The highest BCUT2D eigenvalue weighted by Gasteiger charge is 2.14. The fraction of sp³-hybridized carbons (Fsp3) is 0.389. The molecule has 0 atom stereocenters. The number of Topliss-reactive ketones (excluding diaryl/α,β-unsaturated/α-hetero) is 1. The van der Waals surface area contributed by atoms with Gasteiger partial charge in [0.05, 0.1) is 0 Å². The monoisotopic (exact) mass is 254 g/mol. The number of hydrogen-bond acceptors (Lipinski definition) is 1. The summed E-state index contributed by atoms with van der Waals surface area (Å²) >= 11 is 0. The maximum Gasteiger partial charge on any atom is 0.159 e. The number of carbonyl (C=O) groups excluding carboxylic acids is 1. The van der Waals surface area contributed by atoms with Crippen LogP contribution in [-0.2, 0) is 0 Å². The fourth-order valence-corrected chi connectivity index (χ4v) is 2.63. The minimum absolute atomic E-state index is 0.138. The van der Waals surface area contributed by atoms with Gasteiger partial charge in [0.25, 0.3) is 0 Å². The van der Waals surface area contributed by atoms with E-state index in [-0.39, 0.29) is 5.78 Å². The van der Waals surface area contributed by atoms with Crippen molar-refractivity contribution in [2.75, 3.05) is 0 Å². The van der Waals surface area contributed by atoms with E-state index in [0.717, 1.165) is 5.56 Å². The van der Waals surface area contributed by atoms with Crippen molar-refractivity contribution in [1.29, 1.82) is 0 Å². The third kappa shape index (κ3) is 2.56. The molecule has 0 fully saturated rings. The standard InChI is InChI=1S/C18H22O/c1-11(2)16-8-6-7-14-9-15(13(5)19)10-17(12(3)4)18(14)16/h6-12H,1-5H3. The Bertz CT molecular complexity index is 621. The molecule has 1 heteroatoms. The summed E-state index contributed by atoms with van der Waals surface area (Å²) in [6.07, 6.45) is 0. The summed E-state index contributed by atoms with van der Waals surface area (Å²) in [5.74, 6) is 1.05. The van der Waals surface area contributed by atoms with Crippen LogP contribution in [0.4, 0.5) is 0 Å². The van der Waals surface area contributed by atoms with Gasteiger partial charge >= 0.3 is 0 Å². The van der Waals surface area contributed by atoms with Gasteiger partial charge in [-0.05, 0) is 52.8 Å². The largest absolute Gasteiger partial charge is 0.295 e. The summed E-state index contributed by atoms with van der Waals surface area (Å²) in [5, 5.41) is 2.51. The maximum absolute atomic E-state index is 11.7. The molecule has 19 heavy (non-hydrogen) atoms. The molecular formula is C18H22O. The summed E-state index contributed by atoms with van der Waals surface area (Å²) in [7, 11) is 0. The van der Waals surface area contributed by atoms with E-state index in [2.05, 4.69) is 52.0 Å². The molecule has 0 unspecified atom stereocenters. The highest BCUT2D eigenvalue weighted by molar-refractivity contribution is 6.00. The second-order valence-corrected chi connectivity index (χ2v) is 5.88. The van der Waals surface area contributed by atoms with Crippen LogP contribution in [0.15, 0.2) is 30.3 Å². The van der Waals surface area contributed by atoms with Gasteiger partial charge in [-0.15, -0.1) is 0 Å². The van der Waals surface area contributed by atoms with Gasteiger partial charge < -0.3 is 0 Å². The maximum atomic E-state index is 11.7. The van der Waals surface area contributed by atoms with E-state index < -0.39 is 0 Å². The van der Waals surface area contributed by atoms with Crippen LogP contribution < -0.4 is 0 Å². The zero-order valence-corrected chi connectivity index (χ0v) is 12.4. The van der Waals surface area contributed by atoms with Crippen LogP contribution in [0.25, 0.3) is 10.8 Å². The van der Waals surface area contributed by atoms with Crippen LogP contribution in [0.5, 0.6) is 0 Å². The van der Waals surface area contributed by atoms with Gasteiger partial charge in [0.15, 0.2) is 5.78 Å². The molecule has 0 saturated carbocycles. The first-order valence-corrected chi connectivity index (χ1v) is 6.99. The minimum atomic E-state index is 0.138. The number of hydrogen-bond donors (Lipinski definition) is 0. The van der Waals surface area contributed by atoms with Crippen molar-refractivity contribution in [3.05, 3.63) is 47.0 Å². The summed E-state index contributed by atoms with van der Waals surface area (Å²) in [4.78, 5) is 11.7. The zero-order valence-electron chi connectivity index (χ0n) is 12.4. The molecule has 2 aromatic carbocycles. The Morgan fingerprint density at radius 2 is 1.58 bits per heavy atom. The van der Waals surface area contributed by atoms with E-state index in [0.29, 0.717) is 11.8 Å². The minimum Gasteiger partial charge on any atom is -0.295 e. The van der Waals surface area contributed by atoms with Crippen molar-refractivity contribution in [2.24, 2.45) is 0 Å². The molecule has 0 aromatic heterocycles. The molecule has 0 bridgehead atoms. The van der Waals surface area contributed by atoms with Crippen molar-refractivity contribution in [2.45, 2.75) is 46.5 Å². The van der Waals surface area contributed by atoms with Crippen LogP contribution in [-0.4, -0.2) is 5.78 Å². The molecule has 0 aliphatic carbocycles. The lowest BCUT2D eigenvalue weighted by atomic mass is 9.87. The average molecular weight is 254 g/mol. The highest BCUT2D eigenvalue weighted by Crippen LogP contribution is 2.33. The van der Waals surface area contributed by atoms with Crippen LogP contribution in [0.2, 0.25) is 0 Å². The van der Waals surface area contributed by atoms with E-state index in [1.807, 2.05) is 6.07 Å². The topological polar surface area (TPSA) is 17.1 Å². The van der Waals surface area contributed by atoms with Gasteiger partial charge in [-0.25, -0.2) is 0 Å². The van der Waals surface area contributed by atoms with Gasteiger partial charge in [-0.1, -0.05) is 45.9 Å². The van der Waals surface area contributed by atoms with E-state index in [4.69, 9.17) is 0 Å². The first-order valence-electron chi connectivity index (χ1n) is 6.99. The van der Waals surface area contributed by atoms with Crippen LogP contribution >= 0.6 is 0 Å². The summed E-state index contributed by atoms with van der Waals surface area (Å²) in [6, 6.07) is 10.5. The number of carbonyl (C=O) groups is 1. The summed E-state index contributed by atoms with van der Waals surface area (Å²) in [5.41, 5.74) is 3.47. The van der Waals surface area contributed by atoms with Crippen LogP contribution in [0.1, 0.15) is 67.9 Å². The number of ketones is 1. The second kappa shape index (κ2) is 5.16.